The largest absolute Gasteiger partial charge is 0.405 e. The van der Waals surface area contributed by atoms with Gasteiger partial charge in [-0.2, -0.15) is 0 Å². The van der Waals surface area contributed by atoms with Crippen LogP contribution in [-0.4, -0.2) is 37.8 Å². The second kappa shape index (κ2) is 7.40. The number of amides is 1. The van der Waals surface area contributed by atoms with Crippen molar-refractivity contribution in [2.75, 3.05) is 13.2 Å². The zero-order chi connectivity index (χ0) is 20.7. The Morgan fingerprint density at radius 1 is 1.03 bits per heavy atom. The van der Waals surface area contributed by atoms with E-state index in [2.05, 4.69) is 93.3 Å². The number of hydrogen-bond acceptors (Lipinski definition) is 2. The minimum absolute atomic E-state index is 0.0377. The first-order valence-electron chi connectivity index (χ1n) is 10.8. The lowest BCUT2D eigenvalue weighted by Gasteiger charge is -2.45. The molecule has 0 aromatic heterocycles. The molecule has 2 heterocycles. The summed E-state index contributed by atoms with van der Waals surface area (Å²) in [6.07, 6.45) is 2.64. The Morgan fingerprint density at radius 2 is 1.59 bits per heavy atom. The van der Waals surface area contributed by atoms with Gasteiger partial charge in [0.2, 0.25) is 5.91 Å². The molecule has 0 spiro atoms. The zero-order valence-electron chi connectivity index (χ0n) is 18.2. The van der Waals surface area contributed by atoms with Gasteiger partial charge in [-0.15, -0.1) is 0 Å². The van der Waals surface area contributed by atoms with Crippen molar-refractivity contribution in [3.63, 3.8) is 0 Å². The number of hydrogen-bond donors (Lipinski definition) is 0. The van der Waals surface area contributed by atoms with Crippen molar-refractivity contribution < 1.29 is 9.22 Å². The molecule has 4 heteroatoms. The fourth-order valence-electron chi connectivity index (χ4n) is 5.62. The Hall–Kier alpha value is -1.91. The molecule has 0 unspecified atom stereocenters. The normalized spacial score (nSPS) is 24.8. The summed E-state index contributed by atoms with van der Waals surface area (Å²) < 4.78 is 7.20. The second-order valence-corrected chi connectivity index (χ2v) is 14.3. The lowest BCUT2D eigenvalue weighted by atomic mass is 9.92. The highest BCUT2D eigenvalue weighted by Crippen LogP contribution is 2.44. The van der Waals surface area contributed by atoms with Crippen LogP contribution in [0.3, 0.4) is 0 Å². The fourth-order valence-corrected chi connectivity index (χ4v) is 10.3. The van der Waals surface area contributed by atoms with Gasteiger partial charge in [0.05, 0.1) is 12.1 Å². The van der Waals surface area contributed by atoms with Gasteiger partial charge >= 0.3 is 0 Å². The maximum absolute atomic E-state index is 12.5. The summed E-state index contributed by atoms with van der Waals surface area (Å²) in [5, 5.41) is 2.57. The van der Waals surface area contributed by atoms with Crippen LogP contribution in [0.15, 0.2) is 60.7 Å². The van der Waals surface area contributed by atoms with E-state index in [-0.39, 0.29) is 10.6 Å². The van der Waals surface area contributed by atoms with Gasteiger partial charge in [-0.3, -0.25) is 4.79 Å². The molecule has 3 nitrogen and oxygen atoms in total. The summed E-state index contributed by atoms with van der Waals surface area (Å²) in [7, 11) is -2.56. The summed E-state index contributed by atoms with van der Waals surface area (Å²) in [5.41, 5.74) is -0.121. The minimum Gasteiger partial charge on any atom is -0.405 e. The molecule has 4 rings (SSSR count). The van der Waals surface area contributed by atoms with E-state index >= 15 is 0 Å². The molecule has 2 fully saturated rings. The van der Waals surface area contributed by atoms with E-state index in [9.17, 15) is 4.79 Å². The molecule has 2 aromatic carbocycles. The lowest BCUT2D eigenvalue weighted by Crippen LogP contribution is -2.68. The summed E-state index contributed by atoms with van der Waals surface area (Å²) in [5.74, 6) is 0.849. The smallest absolute Gasteiger partial charge is 0.261 e. The topological polar surface area (TPSA) is 29.5 Å². The van der Waals surface area contributed by atoms with E-state index in [1.165, 1.54) is 10.4 Å². The van der Waals surface area contributed by atoms with Crippen LogP contribution >= 0.6 is 0 Å². The molecule has 2 atom stereocenters. The Morgan fingerprint density at radius 3 is 2.10 bits per heavy atom. The third kappa shape index (κ3) is 3.36. The molecular formula is C25H33NO2Si. The summed E-state index contributed by atoms with van der Waals surface area (Å²) >= 11 is 0. The summed E-state index contributed by atoms with van der Waals surface area (Å²) in [4.78, 5) is 14.7. The van der Waals surface area contributed by atoms with Crippen LogP contribution in [0.1, 0.15) is 47.0 Å². The van der Waals surface area contributed by atoms with Gasteiger partial charge in [-0.25, -0.2) is 0 Å². The van der Waals surface area contributed by atoms with Crippen LogP contribution in [0.4, 0.5) is 0 Å². The van der Waals surface area contributed by atoms with Crippen molar-refractivity contribution in [2.45, 2.75) is 57.5 Å². The Bertz CT molecular complexity index is 822. The first-order chi connectivity index (χ1) is 13.8. The fraction of sp³-hybridized carbons (Fsp3) is 0.480. The number of benzene rings is 2. The van der Waals surface area contributed by atoms with Crippen molar-refractivity contribution in [3.05, 3.63) is 60.7 Å². The second-order valence-electron chi connectivity index (χ2n) is 9.99. The number of rotatable bonds is 5. The van der Waals surface area contributed by atoms with Gasteiger partial charge in [-0.05, 0) is 34.2 Å². The maximum atomic E-state index is 12.5. The number of carbonyl (C=O) groups is 1. The molecule has 2 saturated heterocycles. The molecule has 2 aliphatic heterocycles. The van der Waals surface area contributed by atoms with Gasteiger partial charge in [0.25, 0.3) is 8.32 Å². The van der Waals surface area contributed by atoms with Gasteiger partial charge < -0.3 is 9.33 Å². The van der Waals surface area contributed by atoms with Crippen LogP contribution in [0.2, 0.25) is 5.04 Å². The highest BCUT2D eigenvalue weighted by molar-refractivity contribution is 6.99. The maximum Gasteiger partial charge on any atom is 0.261 e. The van der Waals surface area contributed by atoms with Gasteiger partial charge in [0, 0.05) is 13.0 Å². The van der Waals surface area contributed by atoms with Crippen LogP contribution < -0.4 is 10.4 Å². The molecule has 2 aromatic rings. The minimum atomic E-state index is -2.56. The van der Waals surface area contributed by atoms with E-state index < -0.39 is 8.32 Å². The highest BCUT2D eigenvalue weighted by atomic mass is 28.4. The van der Waals surface area contributed by atoms with Gasteiger partial charge in [-0.1, -0.05) is 88.4 Å². The molecule has 2 aliphatic rings. The van der Waals surface area contributed by atoms with Gasteiger partial charge in [0.15, 0.2) is 0 Å². The average molecular weight is 408 g/mol. The number of carbonyl (C=O) groups excluding carboxylic acids is 1. The third-order valence-electron chi connectivity index (χ3n) is 6.87. The molecule has 0 N–H and O–H groups in total. The first-order valence-corrected chi connectivity index (χ1v) is 12.7. The molecule has 0 radical (unpaired) electrons. The molecule has 154 valence electrons. The van der Waals surface area contributed by atoms with Crippen molar-refractivity contribution in [1.29, 1.82) is 0 Å². The van der Waals surface area contributed by atoms with Crippen molar-refractivity contribution in [2.24, 2.45) is 5.92 Å². The molecule has 0 saturated carbocycles. The monoisotopic (exact) mass is 407 g/mol. The van der Waals surface area contributed by atoms with E-state index in [4.69, 9.17) is 4.43 Å². The predicted octanol–water partition coefficient (Wildman–Crippen LogP) is 3.96. The Kier molecular flexibility index (Phi) is 5.20. The average Bonchev–Trinajstić information content (AvgIpc) is 3.18. The van der Waals surface area contributed by atoms with E-state index in [1.54, 1.807) is 0 Å². The van der Waals surface area contributed by atoms with Crippen LogP contribution in [0.25, 0.3) is 0 Å². The summed E-state index contributed by atoms with van der Waals surface area (Å²) in [6.45, 7) is 10.7. The van der Waals surface area contributed by atoms with E-state index in [0.29, 0.717) is 24.9 Å². The standard InChI is InChI=1S/C25H33NO2Si/c1-20-17-25(16-15-23(27)26(25)18-20)19-28-29(24(2,3)4,21-11-7-5-8-12-21)22-13-9-6-10-14-22/h5-14,20H,15-19H2,1-4H3/t20-,25-/m0/s1. The molecule has 0 aliphatic carbocycles. The zero-order valence-corrected chi connectivity index (χ0v) is 19.2. The van der Waals surface area contributed by atoms with Crippen LogP contribution in [0.5, 0.6) is 0 Å². The molecule has 0 bridgehead atoms. The molecule has 29 heavy (non-hydrogen) atoms. The van der Waals surface area contributed by atoms with Crippen LogP contribution in [-0.2, 0) is 9.22 Å². The van der Waals surface area contributed by atoms with Crippen molar-refractivity contribution in [3.8, 4) is 0 Å². The quantitative estimate of drug-likeness (QED) is 0.702. The Labute approximate surface area is 176 Å². The van der Waals surface area contributed by atoms with Crippen molar-refractivity contribution in [1.82, 2.24) is 4.90 Å². The van der Waals surface area contributed by atoms with Crippen LogP contribution in [0, 0.1) is 5.92 Å². The third-order valence-corrected chi connectivity index (χ3v) is 11.9. The Balaban J connectivity index is 1.78. The van der Waals surface area contributed by atoms with E-state index in [1.807, 2.05) is 0 Å². The SMILES string of the molecule is C[C@@H]1CN2C(=O)CC[C@@]2(CO[Si](c2ccccc2)(c2ccccc2)C(C)(C)C)C1. The van der Waals surface area contributed by atoms with Gasteiger partial charge in [0.1, 0.15) is 0 Å². The first kappa shape index (κ1) is 20.4. The number of fused-ring (bicyclic) bond motifs is 1. The summed E-state index contributed by atoms with van der Waals surface area (Å²) in [6, 6.07) is 21.6. The lowest BCUT2D eigenvalue weighted by molar-refractivity contribution is -0.130. The van der Waals surface area contributed by atoms with E-state index in [0.717, 1.165) is 19.4 Å². The number of nitrogens with zero attached hydrogens (tertiary/aromatic N) is 1. The van der Waals surface area contributed by atoms with Crippen molar-refractivity contribution >= 4 is 24.6 Å². The molecular weight excluding hydrogens is 374 g/mol. The highest BCUT2D eigenvalue weighted by Gasteiger charge is 2.55. The molecule has 1 amide bonds. The predicted molar refractivity (Wildman–Crippen MR) is 121 cm³/mol.